The number of nitrogens with zero attached hydrogens (tertiary/aromatic N) is 1. The van der Waals surface area contributed by atoms with Gasteiger partial charge in [0.1, 0.15) is 11.5 Å². The van der Waals surface area contributed by atoms with Gasteiger partial charge in [-0.25, -0.2) is 4.79 Å². The molecule has 0 atom stereocenters. The van der Waals surface area contributed by atoms with Gasteiger partial charge in [-0.05, 0) is 48.1 Å². The molecule has 38 heavy (non-hydrogen) atoms. The minimum atomic E-state index is -4.53. The van der Waals surface area contributed by atoms with Crippen LogP contribution in [0.25, 0.3) is 0 Å². The second-order valence-corrected chi connectivity index (χ2v) is 7.69. The van der Waals surface area contributed by atoms with Gasteiger partial charge < -0.3 is 26.4 Å². The summed E-state index contributed by atoms with van der Waals surface area (Å²) in [7, 11) is 1.84. The highest BCUT2D eigenvalue weighted by Crippen LogP contribution is 2.24. The number of carbonyl (C=O) groups excluding carboxylic acids is 2. The minimum Gasteiger partial charge on any atom is -0.460 e. The Bertz CT molecular complexity index is 1240. The number of urea groups is 1. The van der Waals surface area contributed by atoms with Gasteiger partial charge in [0.25, 0.3) is 0 Å². The third kappa shape index (κ3) is 11.3. The van der Waals surface area contributed by atoms with E-state index in [2.05, 4.69) is 27.5 Å². The largest absolute Gasteiger partial charge is 0.460 e. The van der Waals surface area contributed by atoms with Gasteiger partial charge in [-0.1, -0.05) is 30.9 Å². The molecular formula is C27H28F3N5O3. The predicted molar refractivity (Wildman–Crippen MR) is 140 cm³/mol. The molecule has 3 rings (SSSR count). The first kappa shape index (κ1) is 29.4. The molecule has 11 heteroatoms. The average molecular weight is 528 g/mol. The number of allylic oxidation sites excluding steroid dienone is 6. The number of benzene rings is 1. The van der Waals surface area contributed by atoms with Crippen LogP contribution in [-0.2, 0) is 11.2 Å². The summed E-state index contributed by atoms with van der Waals surface area (Å²) < 4.78 is 42.5. The molecule has 1 aromatic heterocycles. The predicted octanol–water partition coefficient (Wildman–Crippen LogP) is 4.88. The number of hydrogen-bond acceptors (Lipinski definition) is 5. The van der Waals surface area contributed by atoms with Crippen LogP contribution < -0.4 is 26.4 Å². The highest BCUT2D eigenvalue weighted by molar-refractivity contribution is 5.77. The number of halogens is 3. The molecular weight excluding hydrogens is 499 g/mol. The SMILES string of the molecule is C=C(/C=C/NC(=O)NC1=CCC(Oc2cccnc2)=CC=C1)C(F)(F)F.CNc1cccc(CC(N)=O)c1. The van der Waals surface area contributed by atoms with Crippen molar-refractivity contribution in [3.63, 3.8) is 0 Å². The fourth-order valence-electron chi connectivity index (χ4n) is 2.85. The fraction of sp³-hybridized carbons (Fsp3) is 0.148. The van der Waals surface area contributed by atoms with Gasteiger partial charge in [-0.3, -0.25) is 9.78 Å². The molecule has 0 saturated heterocycles. The first-order valence-electron chi connectivity index (χ1n) is 11.3. The monoisotopic (exact) mass is 527 g/mol. The molecule has 2 aromatic rings. The Morgan fingerprint density at radius 1 is 1.24 bits per heavy atom. The van der Waals surface area contributed by atoms with Gasteiger partial charge in [0.05, 0.1) is 12.6 Å². The summed E-state index contributed by atoms with van der Waals surface area (Å²) in [4.78, 5) is 26.2. The fourth-order valence-corrected chi connectivity index (χ4v) is 2.85. The first-order chi connectivity index (χ1) is 18.1. The maximum absolute atomic E-state index is 12.3. The van der Waals surface area contributed by atoms with Crippen molar-refractivity contribution < 1.29 is 27.5 Å². The Morgan fingerprint density at radius 3 is 2.68 bits per heavy atom. The third-order valence-corrected chi connectivity index (χ3v) is 4.68. The number of rotatable bonds is 8. The van der Waals surface area contributed by atoms with Crippen LogP contribution >= 0.6 is 0 Å². The van der Waals surface area contributed by atoms with E-state index >= 15 is 0 Å². The minimum absolute atomic E-state index is 0.301. The normalized spacial score (nSPS) is 12.7. The Hall–Kier alpha value is -4.80. The van der Waals surface area contributed by atoms with Crippen LogP contribution in [0.3, 0.4) is 0 Å². The number of aromatic nitrogens is 1. The van der Waals surface area contributed by atoms with E-state index in [4.69, 9.17) is 10.5 Å². The van der Waals surface area contributed by atoms with Crippen molar-refractivity contribution in [3.05, 3.63) is 115 Å². The highest BCUT2D eigenvalue weighted by Gasteiger charge is 2.29. The third-order valence-electron chi connectivity index (χ3n) is 4.68. The number of carbonyl (C=O) groups is 2. The Kier molecular flexibility index (Phi) is 11.4. The summed E-state index contributed by atoms with van der Waals surface area (Å²) in [6.07, 6.45) is 7.72. The Labute approximate surface area is 218 Å². The molecule has 0 radical (unpaired) electrons. The van der Waals surface area contributed by atoms with E-state index < -0.39 is 17.8 Å². The summed E-state index contributed by atoms with van der Waals surface area (Å²) in [5, 5.41) is 7.69. The molecule has 0 bridgehead atoms. The molecule has 1 heterocycles. The Balaban J connectivity index is 0.000000352. The van der Waals surface area contributed by atoms with E-state index in [0.29, 0.717) is 36.1 Å². The molecule has 5 N–H and O–H groups in total. The number of ether oxygens (including phenoxy) is 1. The summed E-state index contributed by atoms with van der Waals surface area (Å²) in [5.41, 5.74) is 6.41. The molecule has 0 spiro atoms. The first-order valence-corrected chi connectivity index (χ1v) is 11.3. The molecule has 1 aliphatic rings. The number of alkyl halides is 3. The highest BCUT2D eigenvalue weighted by atomic mass is 19.4. The zero-order valence-electron chi connectivity index (χ0n) is 20.6. The van der Waals surface area contributed by atoms with E-state index in [1.165, 1.54) is 0 Å². The number of nitrogens with two attached hydrogens (primary N) is 1. The van der Waals surface area contributed by atoms with E-state index in [1.807, 2.05) is 31.3 Å². The molecule has 0 aliphatic heterocycles. The lowest BCUT2D eigenvalue weighted by atomic mass is 10.1. The van der Waals surface area contributed by atoms with E-state index in [0.717, 1.165) is 17.5 Å². The summed E-state index contributed by atoms with van der Waals surface area (Å²) in [6.45, 7) is 2.86. The number of nitrogens with one attached hydrogen (secondary N) is 3. The number of hydrogen-bond donors (Lipinski definition) is 4. The van der Waals surface area contributed by atoms with Gasteiger partial charge in [0, 0.05) is 42.8 Å². The molecule has 0 unspecified atom stereocenters. The van der Waals surface area contributed by atoms with Crippen LogP contribution in [0, 0.1) is 0 Å². The van der Waals surface area contributed by atoms with Crippen LogP contribution in [0.5, 0.6) is 5.75 Å². The number of anilines is 1. The molecule has 200 valence electrons. The topological polar surface area (TPSA) is 118 Å². The molecule has 0 fully saturated rings. The summed E-state index contributed by atoms with van der Waals surface area (Å²) >= 11 is 0. The van der Waals surface area contributed by atoms with Crippen molar-refractivity contribution >= 4 is 17.6 Å². The van der Waals surface area contributed by atoms with Crippen LogP contribution in [0.15, 0.2) is 109 Å². The maximum Gasteiger partial charge on any atom is 0.415 e. The lowest BCUT2D eigenvalue weighted by molar-refractivity contribution is -0.117. The van der Waals surface area contributed by atoms with Crippen molar-refractivity contribution in [1.82, 2.24) is 15.6 Å². The van der Waals surface area contributed by atoms with Crippen molar-refractivity contribution in [3.8, 4) is 5.75 Å². The number of amides is 3. The van der Waals surface area contributed by atoms with Gasteiger partial charge in [0.15, 0.2) is 0 Å². The standard InChI is InChI=1S/C18H16F3N3O2.C9H12N2O/c1-13(18(19,20)21)9-11-23-17(25)24-14-4-2-5-15(8-7-14)26-16-6-3-10-22-12-16;1-11-8-4-2-3-7(5-8)6-9(10)12/h2-7,9-12H,1,8H2,(H2,23,24,25);2-5,11H,6H2,1H3,(H2,10,12)/b11-9+;. The molecule has 8 nitrogen and oxygen atoms in total. The van der Waals surface area contributed by atoms with Gasteiger partial charge >= 0.3 is 12.2 Å². The summed E-state index contributed by atoms with van der Waals surface area (Å²) in [5.74, 6) is 0.931. The summed E-state index contributed by atoms with van der Waals surface area (Å²) in [6, 6.07) is 10.4. The maximum atomic E-state index is 12.3. The average Bonchev–Trinajstić information content (AvgIpc) is 3.09. The van der Waals surface area contributed by atoms with Crippen LogP contribution in [0.1, 0.15) is 12.0 Å². The zero-order valence-corrected chi connectivity index (χ0v) is 20.6. The van der Waals surface area contributed by atoms with E-state index in [-0.39, 0.29) is 5.91 Å². The lowest BCUT2D eigenvalue weighted by Gasteiger charge is -2.08. The second-order valence-electron chi connectivity index (χ2n) is 7.69. The Morgan fingerprint density at radius 2 is 2.03 bits per heavy atom. The molecule has 0 saturated carbocycles. The quantitative estimate of drug-likeness (QED) is 0.365. The van der Waals surface area contributed by atoms with Gasteiger partial charge in [0.2, 0.25) is 5.91 Å². The van der Waals surface area contributed by atoms with Crippen LogP contribution in [0.4, 0.5) is 23.7 Å². The zero-order chi connectivity index (χ0) is 28.0. The molecule has 1 aromatic carbocycles. The van der Waals surface area contributed by atoms with E-state index in [1.54, 1.807) is 48.8 Å². The van der Waals surface area contributed by atoms with E-state index in [9.17, 15) is 22.8 Å². The lowest BCUT2D eigenvalue weighted by Crippen LogP contribution is -2.31. The van der Waals surface area contributed by atoms with Gasteiger partial charge in [-0.2, -0.15) is 13.2 Å². The van der Waals surface area contributed by atoms with Gasteiger partial charge in [-0.15, -0.1) is 0 Å². The second kappa shape index (κ2) is 14.7. The van der Waals surface area contributed by atoms with Crippen molar-refractivity contribution in [2.24, 2.45) is 5.73 Å². The van der Waals surface area contributed by atoms with Crippen molar-refractivity contribution in [2.75, 3.05) is 12.4 Å². The van der Waals surface area contributed by atoms with Crippen LogP contribution in [0.2, 0.25) is 0 Å². The molecule has 3 amide bonds. The smallest absolute Gasteiger partial charge is 0.415 e. The van der Waals surface area contributed by atoms with Crippen LogP contribution in [-0.4, -0.2) is 30.1 Å². The number of pyridine rings is 1. The van der Waals surface area contributed by atoms with Crippen molar-refractivity contribution in [2.45, 2.75) is 19.0 Å². The van der Waals surface area contributed by atoms with Crippen molar-refractivity contribution in [1.29, 1.82) is 0 Å². The number of primary amides is 1. The molecule has 1 aliphatic carbocycles.